The van der Waals surface area contributed by atoms with E-state index in [0.717, 1.165) is 3.97 Å². The quantitative estimate of drug-likeness (QED) is 0.490. The SMILES string of the molecule is COc1ccc(S(=O)(=O)n2cc(-c3ccccn3)c3ccccc3c2=O)cc1OC. The number of hydrogen-bond donors (Lipinski definition) is 0. The van der Waals surface area contributed by atoms with Crippen LogP contribution in [0.25, 0.3) is 22.0 Å². The Morgan fingerprint density at radius 1 is 0.867 bits per heavy atom. The van der Waals surface area contributed by atoms with Gasteiger partial charge in [-0.1, -0.05) is 24.3 Å². The van der Waals surface area contributed by atoms with Crippen LogP contribution in [-0.4, -0.2) is 31.6 Å². The van der Waals surface area contributed by atoms with Gasteiger partial charge in [-0.05, 0) is 35.7 Å². The van der Waals surface area contributed by atoms with Crippen LogP contribution in [0.2, 0.25) is 0 Å². The molecular weight excluding hydrogens is 404 g/mol. The van der Waals surface area contributed by atoms with E-state index in [1.165, 1.54) is 38.6 Å². The van der Waals surface area contributed by atoms with Gasteiger partial charge in [-0.15, -0.1) is 0 Å². The summed E-state index contributed by atoms with van der Waals surface area (Å²) in [7, 11) is -1.34. The first-order chi connectivity index (χ1) is 14.5. The molecule has 0 N–H and O–H groups in total. The van der Waals surface area contributed by atoms with Crippen molar-refractivity contribution in [3.05, 3.63) is 83.4 Å². The molecule has 8 heteroatoms. The summed E-state index contributed by atoms with van der Waals surface area (Å²) in [6.07, 6.45) is 2.93. The number of methoxy groups -OCH3 is 2. The molecule has 2 heterocycles. The van der Waals surface area contributed by atoms with E-state index in [9.17, 15) is 13.2 Å². The molecule has 0 unspecified atom stereocenters. The van der Waals surface area contributed by atoms with Gasteiger partial charge in [0, 0.05) is 29.4 Å². The number of hydrogen-bond acceptors (Lipinski definition) is 6. The van der Waals surface area contributed by atoms with Gasteiger partial charge in [-0.25, -0.2) is 12.4 Å². The molecule has 2 aromatic heterocycles. The fourth-order valence-electron chi connectivity index (χ4n) is 3.26. The highest BCUT2D eigenvalue weighted by Crippen LogP contribution is 2.31. The second-order valence-electron chi connectivity index (χ2n) is 6.43. The molecule has 152 valence electrons. The summed E-state index contributed by atoms with van der Waals surface area (Å²) in [6, 6.07) is 16.4. The fourth-order valence-corrected chi connectivity index (χ4v) is 4.55. The Hall–Kier alpha value is -3.65. The third kappa shape index (κ3) is 3.21. The van der Waals surface area contributed by atoms with E-state index in [1.807, 2.05) is 0 Å². The van der Waals surface area contributed by atoms with Gasteiger partial charge in [0.05, 0.1) is 24.8 Å². The molecule has 0 amide bonds. The molecule has 0 aliphatic rings. The van der Waals surface area contributed by atoms with Gasteiger partial charge in [0.25, 0.3) is 15.6 Å². The number of pyridine rings is 2. The second-order valence-corrected chi connectivity index (χ2v) is 8.24. The minimum Gasteiger partial charge on any atom is -0.493 e. The van der Waals surface area contributed by atoms with E-state index >= 15 is 0 Å². The van der Waals surface area contributed by atoms with Crippen molar-refractivity contribution in [2.45, 2.75) is 4.90 Å². The average Bonchev–Trinajstić information content (AvgIpc) is 2.79. The predicted molar refractivity (Wildman–Crippen MR) is 114 cm³/mol. The number of benzene rings is 2. The smallest absolute Gasteiger partial charge is 0.272 e. The van der Waals surface area contributed by atoms with Crippen molar-refractivity contribution in [1.29, 1.82) is 0 Å². The standard InChI is InChI=1S/C22H18N2O5S/c1-28-20-11-10-15(13-21(20)29-2)30(26,27)24-14-18(19-9-5-6-12-23-19)16-7-3-4-8-17(16)22(24)25/h3-14H,1-2H3. The van der Waals surface area contributed by atoms with Crippen LogP contribution in [-0.2, 0) is 10.0 Å². The van der Waals surface area contributed by atoms with Crippen LogP contribution in [0.4, 0.5) is 0 Å². The molecule has 30 heavy (non-hydrogen) atoms. The summed E-state index contributed by atoms with van der Waals surface area (Å²) < 4.78 is 37.9. The highest BCUT2D eigenvalue weighted by molar-refractivity contribution is 7.90. The van der Waals surface area contributed by atoms with E-state index in [0.29, 0.717) is 22.4 Å². The Kier molecular flexibility index (Phi) is 5.01. The Bertz CT molecular complexity index is 1400. The maximum absolute atomic E-state index is 13.4. The molecule has 0 aliphatic carbocycles. The Morgan fingerprint density at radius 2 is 1.57 bits per heavy atom. The van der Waals surface area contributed by atoms with Crippen molar-refractivity contribution in [2.24, 2.45) is 0 Å². The monoisotopic (exact) mass is 422 g/mol. The lowest BCUT2D eigenvalue weighted by atomic mass is 10.1. The molecule has 0 saturated heterocycles. The van der Waals surface area contributed by atoms with Crippen LogP contribution in [0, 0.1) is 0 Å². The summed E-state index contributed by atoms with van der Waals surface area (Å²) in [6.45, 7) is 0. The molecule has 0 atom stereocenters. The predicted octanol–water partition coefficient (Wildman–Crippen LogP) is 3.32. The largest absolute Gasteiger partial charge is 0.493 e. The first-order valence-corrected chi connectivity index (χ1v) is 10.4. The van der Waals surface area contributed by atoms with E-state index in [1.54, 1.807) is 48.7 Å². The zero-order valence-corrected chi connectivity index (χ0v) is 17.1. The van der Waals surface area contributed by atoms with Gasteiger partial charge < -0.3 is 9.47 Å². The molecule has 0 bridgehead atoms. The minimum absolute atomic E-state index is 0.0931. The van der Waals surface area contributed by atoms with Gasteiger partial charge in [0.15, 0.2) is 11.5 Å². The van der Waals surface area contributed by atoms with E-state index in [4.69, 9.17) is 9.47 Å². The summed E-state index contributed by atoms with van der Waals surface area (Å²) in [5.41, 5.74) is 0.458. The third-order valence-corrected chi connectivity index (χ3v) is 6.39. The highest BCUT2D eigenvalue weighted by atomic mass is 32.2. The van der Waals surface area contributed by atoms with Crippen LogP contribution >= 0.6 is 0 Å². The number of nitrogens with zero attached hydrogens (tertiary/aromatic N) is 2. The van der Waals surface area contributed by atoms with Crippen LogP contribution in [0.15, 0.2) is 82.7 Å². The summed E-state index contributed by atoms with van der Waals surface area (Å²) >= 11 is 0. The zero-order chi connectivity index (χ0) is 21.3. The van der Waals surface area contributed by atoms with E-state index < -0.39 is 15.6 Å². The molecule has 0 aliphatic heterocycles. The van der Waals surface area contributed by atoms with Crippen molar-refractivity contribution < 1.29 is 17.9 Å². The van der Waals surface area contributed by atoms with Crippen molar-refractivity contribution in [2.75, 3.05) is 14.2 Å². The second kappa shape index (κ2) is 7.64. The maximum Gasteiger partial charge on any atom is 0.272 e. The van der Waals surface area contributed by atoms with Crippen LogP contribution in [0.3, 0.4) is 0 Å². The topological polar surface area (TPSA) is 87.5 Å². The van der Waals surface area contributed by atoms with Crippen molar-refractivity contribution >= 4 is 20.8 Å². The minimum atomic E-state index is -4.21. The average molecular weight is 422 g/mol. The van der Waals surface area contributed by atoms with Crippen molar-refractivity contribution in [3.8, 4) is 22.8 Å². The molecule has 0 spiro atoms. The molecular formula is C22H18N2O5S. The molecule has 2 aromatic carbocycles. The van der Waals surface area contributed by atoms with Crippen LogP contribution in [0.5, 0.6) is 11.5 Å². The van der Waals surface area contributed by atoms with E-state index in [2.05, 4.69) is 4.98 Å². The van der Waals surface area contributed by atoms with Crippen LogP contribution < -0.4 is 15.0 Å². The summed E-state index contributed by atoms with van der Waals surface area (Å²) in [5.74, 6) is 0.633. The lowest BCUT2D eigenvalue weighted by molar-refractivity contribution is 0.354. The van der Waals surface area contributed by atoms with Gasteiger partial charge in [0.2, 0.25) is 0 Å². The van der Waals surface area contributed by atoms with Gasteiger partial charge in [-0.3, -0.25) is 9.78 Å². The van der Waals surface area contributed by atoms with Crippen molar-refractivity contribution in [1.82, 2.24) is 8.96 Å². The summed E-state index contributed by atoms with van der Waals surface area (Å²) in [4.78, 5) is 17.4. The maximum atomic E-state index is 13.4. The number of fused-ring (bicyclic) bond motifs is 1. The third-order valence-electron chi connectivity index (χ3n) is 4.75. The lowest BCUT2D eigenvalue weighted by Crippen LogP contribution is -2.27. The molecule has 0 radical (unpaired) electrons. The van der Waals surface area contributed by atoms with Gasteiger partial charge in [-0.2, -0.15) is 0 Å². The Labute approximate surface area is 173 Å². The molecule has 4 aromatic rings. The normalized spacial score (nSPS) is 11.4. The Balaban J connectivity index is 2.02. The van der Waals surface area contributed by atoms with Gasteiger partial charge >= 0.3 is 0 Å². The number of ether oxygens (including phenoxy) is 2. The first-order valence-electron chi connectivity index (χ1n) is 9.01. The molecule has 4 rings (SSSR count). The molecule has 0 fully saturated rings. The summed E-state index contributed by atoms with van der Waals surface area (Å²) in [5, 5.41) is 0.907. The lowest BCUT2D eigenvalue weighted by Gasteiger charge is -2.14. The first kappa shape index (κ1) is 19.7. The van der Waals surface area contributed by atoms with Gasteiger partial charge in [0.1, 0.15) is 0 Å². The Morgan fingerprint density at radius 3 is 2.23 bits per heavy atom. The number of rotatable bonds is 5. The zero-order valence-electron chi connectivity index (χ0n) is 16.3. The van der Waals surface area contributed by atoms with E-state index in [-0.39, 0.29) is 16.0 Å². The molecule has 0 saturated carbocycles. The van der Waals surface area contributed by atoms with Crippen molar-refractivity contribution in [3.63, 3.8) is 0 Å². The number of aromatic nitrogens is 2. The van der Waals surface area contributed by atoms with Crippen LogP contribution in [0.1, 0.15) is 0 Å². The highest BCUT2D eigenvalue weighted by Gasteiger charge is 2.23. The fraction of sp³-hybridized carbons (Fsp3) is 0.0909. The molecule has 7 nitrogen and oxygen atoms in total.